The Balaban J connectivity index is 1.75. The summed E-state index contributed by atoms with van der Waals surface area (Å²) in [6, 6.07) is 4.47. The fraction of sp³-hybridized carbons (Fsp3) is 0.741. The summed E-state index contributed by atoms with van der Waals surface area (Å²) in [5.41, 5.74) is 3.20. The Labute approximate surface area is 199 Å². The van der Waals surface area contributed by atoms with Crippen molar-refractivity contribution in [3.63, 3.8) is 0 Å². The summed E-state index contributed by atoms with van der Waals surface area (Å²) in [5.74, 6) is 1.88. The Morgan fingerprint density at radius 1 is 1.03 bits per heavy atom. The summed E-state index contributed by atoms with van der Waals surface area (Å²) < 4.78 is 5.38. The third-order valence-electron chi connectivity index (χ3n) is 6.91. The van der Waals surface area contributed by atoms with E-state index in [4.69, 9.17) is 4.74 Å². The maximum Gasteiger partial charge on any atom is 0.232 e. The van der Waals surface area contributed by atoms with Crippen molar-refractivity contribution in [3.05, 3.63) is 28.8 Å². The third kappa shape index (κ3) is 6.44. The first kappa shape index (κ1) is 25.4. The number of morpholine rings is 1. The van der Waals surface area contributed by atoms with Gasteiger partial charge in [0.05, 0.1) is 19.0 Å². The van der Waals surface area contributed by atoms with E-state index < -0.39 is 0 Å². The smallest absolute Gasteiger partial charge is 0.232 e. The van der Waals surface area contributed by atoms with E-state index in [2.05, 4.69) is 53.7 Å². The van der Waals surface area contributed by atoms with Crippen LogP contribution < -0.4 is 0 Å². The van der Waals surface area contributed by atoms with Crippen LogP contribution in [0.15, 0.2) is 12.1 Å². The molecule has 1 aromatic rings. The van der Waals surface area contributed by atoms with Crippen LogP contribution in [0, 0.1) is 5.92 Å². The van der Waals surface area contributed by atoms with Crippen molar-refractivity contribution < 1.29 is 14.6 Å². The molecule has 2 atom stereocenters. The van der Waals surface area contributed by atoms with Crippen LogP contribution in [-0.2, 0) is 26.8 Å². The normalized spacial score (nSPS) is 22.8. The standard InChI is InChI=1S/C27H43NO3S/c1-26(2,3)21-16-19(17-22(25(21)30)27(4,5)6)15-20-9-7-8-10-23(20)32-18-24(29)28-11-13-31-14-12-28/h16-17,20,23,30H,7-15,18H2,1-6H3/t20?,23-/m0/s1. The van der Waals surface area contributed by atoms with E-state index in [-0.39, 0.29) is 16.7 Å². The zero-order chi connectivity index (χ0) is 23.5. The second-order valence-corrected chi connectivity index (χ2v) is 12.9. The van der Waals surface area contributed by atoms with Crippen LogP contribution in [0.4, 0.5) is 0 Å². The highest BCUT2D eigenvalue weighted by atomic mass is 32.2. The first-order valence-electron chi connectivity index (χ1n) is 12.3. The molecule has 1 aliphatic heterocycles. The number of ether oxygens (including phenoxy) is 1. The summed E-state index contributed by atoms with van der Waals surface area (Å²) in [4.78, 5) is 14.6. The van der Waals surface area contributed by atoms with Gasteiger partial charge in [-0.1, -0.05) is 66.5 Å². The molecule has 180 valence electrons. The zero-order valence-corrected chi connectivity index (χ0v) is 21.8. The van der Waals surface area contributed by atoms with E-state index >= 15 is 0 Å². The summed E-state index contributed by atoms with van der Waals surface area (Å²) in [7, 11) is 0. The Kier molecular flexibility index (Phi) is 8.25. The lowest BCUT2D eigenvalue weighted by atomic mass is 9.76. The first-order valence-corrected chi connectivity index (χ1v) is 13.4. The molecule has 2 aliphatic rings. The molecule has 0 bridgehead atoms. The minimum atomic E-state index is -0.106. The van der Waals surface area contributed by atoms with Gasteiger partial charge in [0.1, 0.15) is 5.75 Å². The Morgan fingerprint density at radius 3 is 2.16 bits per heavy atom. The summed E-state index contributed by atoms with van der Waals surface area (Å²) >= 11 is 1.87. The third-order valence-corrected chi connectivity index (χ3v) is 8.37. The van der Waals surface area contributed by atoms with Crippen LogP contribution in [0.2, 0.25) is 0 Å². The largest absolute Gasteiger partial charge is 0.507 e. The number of hydrogen-bond donors (Lipinski definition) is 1. The number of benzene rings is 1. The quantitative estimate of drug-likeness (QED) is 0.613. The fourth-order valence-electron chi connectivity index (χ4n) is 4.97. The lowest BCUT2D eigenvalue weighted by Gasteiger charge is -2.33. The topological polar surface area (TPSA) is 49.8 Å². The molecule has 1 N–H and O–H groups in total. The van der Waals surface area contributed by atoms with Gasteiger partial charge in [0.15, 0.2) is 0 Å². The number of phenolic OH excluding ortho intramolecular Hbond substituents is 1. The van der Waals surface area contributed by atoms with Gasteiger partial charge in [-0.2, -0.15) is 0 Å². The van der Waals surface area contributed by atoms with Crippen LogP contribution in [0.3, 0.4) is 0 Å². The van der Waals surface area contributed by atoms with E-state index in [9.17, 15) is 9.90 Å². The number of carbonyl (C=O) groups excluding carboxylic acids is 1. The van der Waals surface area contributed by atoms with Crippen molar-refractivity contribution in [2.45, 2.75) is 89.7 Å². The summed E-state index contributed by atoms with van der Waals surface area (Å²) in [6.45, 7) is 15.8. The molecule has 0 radical (unpaired) electrons. The lowest BCUT2D eigenvalue weighted by molar-refractivity contribution is -0.132. The van der Waals surface area contributed by atoms with Gasteiger partial charge in [-0.05, 0) is 52.7 Å². The number of thioether (sulfide) groups is 1. The lowest BCUT2D eigenvalue weighted by Crippen LogP contribution is -2.42. The van der Waals surface area contributed by atoms with Gasteiger partial charge in [0.25, 0.3) is 0 Å². The zero-order valence-electron chi connectivity index (χ0n) is 21.0. The van der Waals surface area contributed by atoms with Crippen molar-refractivity contribution in [2.75, 3.05) is 32.1 Å². The van der Waals surface area contributed by atoms with Crippen LogP contribution >= 0.6 is 11.8 Å². The molecule has 1 aromatic carbocycles. The minimum Gasteiger partial charge on any atom is -0.507 e. The Morgan fingerprint density at radius 2 is 1.59 bits per heavy atom. The van der Waals surface area contributed by atoms with Gasteiger partial charge in [0.2, 0.25) is 5.91 Å². The minimum absolute atomic E-state index is 0.106. The molecule has 2 fully saturated rings. The summed E-state index contributed by atoms with van der Waals surface area (Å²) in [5, 5.41) is 11.6. The molecular weight excluding hydrogens is 418 g/mol. The number of nitrogens with zero attached hydrogens (tertiary/aromatic N) is 1. The van der Waals surface area contributed by atoms with E-state index in [0.29, 0.717) is 35.9 Å². The second-order valence-electron chi connectivity index (χ2n) is 11.6. The van der Waals surface area contributed by atoms with Crippen LogP contribution in [-0.4, -0.2) is 53.2 Å². The molecule has 32 heavy (non-hydrogen) atoms. The van der Waals surface area contributed by atoms with E-state index in [1.165, 1.54) is 31.2 Å². The number of hydrogen-bond acceptors (Lipinski definition) is 4. The molecule has 0 spiro atoms. The van der Waals surface area contributed by atoms with Crippen molar-refractivity contribution in [1.29, 1.82) is 0 Å². The van der Waals surface area contributed by atoms with Gasteiger partial charge < -0.3 is 14.7 Å². The highest BCUT2D eigenvalue weighted by Crippen LogP contribution is 2.42. The van der Waals surface area contributed by atoms with E-state index in [1.54, 1.807) is 0 Å². The molecule has 5 heteroatoms. The maximum atomic E-state index is 12.7. The molecule has 1 saturated carbocycles. The van der Waals surface area contributed by atoms with Crippen LogP contribution in [0.1, 0.15) is 83.9 Å². The summed E-state index contributed by atoms with van der Waals surface area (Å²) in [6.07, 6.45) is 5.98. The molecule has 1 amide bonds. The number of rotatable bonds is 5. The highest BCUT2D eigenvalue weighted by Gasteiger charge is 2.30. The van der Waals surface area contributed by atoms with Crippen LogP contribution in [0.25, 0.3) is 0 Å². The maximum absolute atomic E-state index is 12.7. The second kappa shape index (κ2) is 10.4. The number of phenols is 1. The SMILES string of the molecule is CC(C)(C)c1cc(CC2CCCC[C@@H]2SCC(=O)N2CCOCC2)cc(C(C)(C)C)c1O. The Hall–Kier alpha value is -1.20. The molecule has 1 unspecified atom stereocenters. The molecule has 1 saturated heterocycles. The number of aromatic hydroxyl groups is 1. The van der Waals surface area contributed by atoms with Crippen LogP contribution in [0.5, 0.6) is 5.75 Å². The molecule has 0 aromatic heterocycles. The average Bonchev–Trinajstić information content (AvgIpc) is 2.73. The molecular formula is C27H43NO3S. The first-order chi connectivity index (χ1) is 15.0. The Bertz CT molecular complexity index is 752. The van der Waals surface area contributed by atoms with Gasteiger partial charge in [-0.15, -0.1) is 11.8 Å². The predicted molar refractivity (Wildman–Crippen MR) is 135 cm³/mol. The fourth-order valence-corrected chi connectivity index (χ4v) is 6.34. The molecule has 1 aliphatic carbocycles. The van der Waals surface area contributed by atoms with Crippen molar-refractivity contribution in [1.82, 2.24) is 4.90 Å². The average molecular weight is 462 g/mol. The highest BCUT2D eigenvalue weighted by molar-refractivity contribution is 8.00. The van der Waals surface area contributed by atoms with Gasteiger partial charge in [-0.3, -0.25) is 4.79 Å². The molecule has 3 rings (SSSR count). The van der Waals surface area contributed by atoms with E-state index in [1.807, 2.05) is 16.7 Å². The van der Waals surface area contributed by atoms with E-state index in [0.717, 1.165) is 30.6 Å². The van der Waals surface area contributed by atoms with Crippen molar-refractivity contribution >= 4 is 17.7 Å². The van der Waals surface area contributed by atoms with Crippen molar-refractivity contribution in [2.24, 2.45) is 5.92 Å². The predicted octanol–water partition coefficient (Wildman–Crippen LogP) is 5.68. The molecule has 1 heterocycles. The number of amides is 1. The van der Waals surface area contributed by atoms with Crippen molar-refractivity contribution in [3.8, 4) is 5.75 Å². The van der Waals surface area contributed by atoms with Gasteiger partial charge in [0, 0.05) is 18.3 Å². The number of carbonyl (C=O) groups is 1. The molecule has 4 nitrogen and oxygen atoms in total. The van der Waals surface area contributed by atoms with Gasteiger partial charge in [-0.25, -0.2) is 0 Å². The van der Waals surface area contributed by atoms with Gasteiger partial charge >= 0.3 is 0 Å². The monoisotopic (exact) mass is 461 g/mol.